The number of nitrogens with one attached hydrogen (secondary N) is 2. The second-order valence-electron chi connectivity index (χ2n) is 8.96. The molecule has 1 fully saturated rings. The molecule has 4 aromatic rings. The van der Waals surface area contributed by atoms with E-state index in [4.69, 9.17) is 0 Å². The number of piperidine rings is 1. The highest BCUT2D eigenvalue weighted by atomic mass is 19.4. The van der Waals surface area contributed by atoms with Crippen LogP contribution in [0.3, 0.4) is 0 Å². The highest BCUT2D eigenvalue weighted by Crippen LogP contribution is 2.37. The van der Waals surface area contributed by atoms with Crippen LogP contribution in [0.5, 0.6) is 0 Å². The van der Waals surface area contributed by atoms with Gasteiger partial charge in [0.1, 0.15) is 17.2 Å². The molecule has 5 rings (SSSR count). The van der Waals surface area contributed by atoms with Gasteiger partial charge in [-0.3, -0.25) is 0 Å². The van der Waals surface area contributed by atoms with Crippen LogP contribution in [0, 0.1) is 11.7 Å². The molecule has 1 aliphatic rings. The van der Waals surface area contributed by atoms with Gasteiger partial charge in [-0.05, 0) is 50.4 Å². The molecule has 0 saturated carbocycles. The Bertz CT molecular complexity index is 1340. The minimum absolute atomic E-state index is 0.00850. The Morgan fingerprint density at radius 2 is 1.75 bits per heavy atom. The molecular formula is C26H26F4N6. The molecule has 10 heteroatoms. The van der Waals surface area contributed by atoms with Gasteiger partial charge < -0.3 is 15.2 Å². The van der Waals surface area contributed by atoms with Crippen molar-refractivity contribution in [3.8, 4) is 11.4 Å². The van der Waals surface area contributed by atoms with E-state index >= 15 is 0 Å². The maximum atomic E-state index is 14.0. The van der Waals surface area contributed by atoms with Crippen LogP contribution in [0.4, 0.5) is 23.5 Å². The van der Waals surface area contributed by atoms with Gasteiger partial charge in [-0.2, -0.15) is 18.2 Å². The summed E-state index contributed by atoms with van der Waals surface area (Å²) in [6.45, 7) is 2.52. The molecule has 2 N–H and O–H groups in total. The molecule has 2 aromatic heterocycles. The van der Waals surface area contributed by atoms with E-state index in [1.807, 2.05) is 0 Å². The molecule has 1 saturated heterocycles. The molecule has 36 heavy (non-hydrogen) atoms. The molecule has 0 unspecified atom stereocenters. The Balaban J connectivity index is 1.53. The van der Waals surface area contributed by atoms with Crippen molar-refractivity contribution in [2.45, 2.75) is 38.5 Å². The number of hydrogen-bond acceptors (Lipinski definition) is 5. The number of fused-ring (bicyclic) bond motifs is 1. The van der Waals surface area contributed by atoms with E-state index in [9.17, 15) is 17.6 Å². The lowest BCUT2D eigenvalue weighted by atomic mass is 9.94. The quantitative estimate of drug-likeness (QED) is 0.322. The molecular weight excluding hydrogens is 472 g/mol. The average Bonchev–Trinajstić information content (AvgIpc) is 3.25. The summed E-state index contributed by atoms with van der Waals surface area (Å²) >= 11 is 0. The van der Waals surface area contributed by atoms with E-state index < -0.39 is 11.7 Å². The highest BCUT2D eigenvalue weighted by Gasteiger charge is 2.35. The maximum absolute atomic E-state index is 14.0. The van der Waals surface area contributed by atoms with Crippen molar-refractivity contribution in [2.75, 3.05) is 18.4 Å². The van der Waals surface area contributed by atoms with Gasteiger partial charge in [0.05, 0.1) is 11.8 Å². The molecule has 3 heterocycles. The summed E-state index contributed by atoms with van der Waals surface area (Å²) in [6.07, 6.45) is -0.188. The number of alkyl halides is 3. The van der Waals surface area contributed by atoms with Crippen LogP contribution in [0.25, 0.3) is 22.6 Å². The largest absolute Gasteiger partial charge is 0.417 e. The van der Waals surface area contributed by atoms with Gasteiger partial charge in [-0.15, -0.1) is 0 Å². The molecule has 1 aliphatic heterocycles. The third-order valence-corrected chi connectivity index (χ3v) is 6.58. The molecule has 6 nitrogen and oxygen atoms in total. The van der Waals surface area contributed by atoms with Gasteiger partial charge in [0.15, 0.2) is 5.65 Å². The first-order valence-electron chi connectivity index (χ1n) is 12.0. The second-order valence-corrected chi connectivity index (χ2v) is 8.96. The van der Waals surface area contributed by atoms with Crippen molar-refractivity contribution in [3.05, 3.63) is 71.7 Å². The third-order valence-electron chi connectivity index (χ3n) is 6.58. The van der Waals surface area contributed by atoms with Gasteiger partial charge in [0, 0.05) is 24.2 Å². The van der Waals surface area contributed by atoms with E-state index in [0.717, 1.165) is 38.4 Å². The Morgan fingerprint density at radius 3 is 2.53 bits per heavy atom. The van der Waals surface area contributed by atoms with Crippen molar-refractivity contribution >= 4 is 17.1 Å². The lowest BCUT2D eigenvalue weighted by Crippen LogP contribution is -2.28. The van der Waals surface area contributed by atoms with Crippen molar-refractivity contribution in [3.63, 3.8) is 0 Å². The third kappa shape index (κ3) is 5.18. The first-order chi connectivity index (χ1) is 17.4. The minimum atomic E-state index is -4.52. The van der Waals surface area contributed by atoms with Gasteiger partial charge in [-0.25, -0.2) is 14.4 Å². The summed E-state index contributed by atoms with van der Waals surface area (Å²) in [5.41, 5.74) is 0.578. The summed E-state index contributed by atoms with van der Waals surface area (Å²) in [5.74, 6) is 0.593. The van der Waals surface area contributed by atoms with Gasteiger partial charge in [0.25, 0.3) is 0 Å². The number of benzene rings is 2. The molecule has 0 spiro atoms. The topological polar surface area (TPSA) is 67.7 Å². The minimum Gasteiger partial charge on any atom is -0.350 e. The van der Waals surface area contributed by atoms with Gasteiger partial charge in [-0.1, -0.05) is 36.4 Å². The second kappa shape index (κ2) is 10.2. The van der Waals surface area contributed by atoms with Crippen molar-refractivity contribution in [2.24, 2.45) is 5.92 Å². The first-order valence-corrected chi connectivity index (χ1v) is 12.0. The summed E-state index contributed by atoms with van der Waals surface area (Å²) in [7, 11) is 0. The zero-order valence-corrected chi connectivity index (χ0v) is 19.5. The van der Waals surface area contributed by atoms with Crippen molar-refractivity contribution in [1.82, 2.24) is 24.8 Å². The summed E-state index contributed by atoms with van der Waals surface area (Å²) in [6, 6.07) is 11.9. The predicted octanol–water partition coefficient (Wildman–Crippen LogP) is 5.65. The molecule has 0 aliphatic carbocycles. The SMILES string of the molecule is Fc1ccccc1CNc1ncc2nc(-c3ccccc3C(F)(F)F)n(CCC3CCNCC3)c2n1. The highest BCUT2D eigenvalue weighted by molar-refractivity contribution is 5.78. The fourth-order valence-electron chi connectivity index (χ4n) is 4.64. The lowest BCUT2D eigenvalue weighted by Gasteiger charge is -2.23. The molecule has 188 valence electrons. The van der Waals surface area contributed by atoms with Crippen LogP contribution in [-0.2, 0) is 19.3 Å². The fourth-order valence-corrected chi connectivity index (χ4v) is 4.64. The molecule has 0 amide bonds. The Kier molecular flexibility index (Phi) is 6.86. The normalized spacial score (nSPS) is 14.9. The number of halogens is 4. The Morgan fingerprint density at radius 1 is 1.00 bits per heavy atom. The van der Waals surface area contributed by atoms with Crippen LogP contribution < -0.4 is 10.6 Å². The molecule has 0 radical (unpaired) electrons. The van der Waals surface area contributed by atoms with Gasteiger partial charge >= 0.3 is 6.18 Å². The van der Waals surface area contributed by atoms with Crippen molar-refractivity contribution < 1.29 is 17.6 Å². The molecule has 0 bridgehead atoms. The number of imidazole rings is 1. The standard InChI is InChI=1S/C26H26F4N6/c27-21-8-4-1-5-18(21)15-32-25-33-16-22-24(35-25)36(14-11-17-9-12-31-13-10-17)23(34-22)19-6-2-3-7-20(19)26(28,29)30/h1-8,16-17,31H,9-15H2,(H,32,33,35). The van der Waals surface area contributed by atoms with E-state index in [1.165, 1.54) is 24.4 Å². The average molecular weight is 499 g/mol. The number of aromatic nitrogens is 4. The van der Waals surface area contributed by atoms with Crippen LogP contribution in [0.2, 0.25) is 0 Å². The number of rotatable bonds is 7. The smallest absolute Gasteiger partial charge is 0.350 e. The van der Waals surface area contributed by atoms with Crippen molar-refractivity contribution in [1.29, 1.82) is 0 Å². The Labute approximate surface area is 205 Å². The number of aryl methyl sites for hydroxylation is 1. The summed E-state index contributed by atoms with van der Waals surface area (Å²) in [4.78, 5) is 13.4. The molecule has 0 atom stereocenters. The summed E-state index contributed by atoms with van der Waals surface area (Å²) < 4.78 is 57.3. The van der Waals surface area contributed by atoms with E-state index in [2.05, 4.69) is 25.6 Å². The number of anilines is 1. The van der Waals surface area contributed by atoms with E-state index in [0.29, 0.717) is 29.2 Å². The summed E-state index contributed by atoms with van der Waals surface area (Å²) in [5, 5.41) is 6.36. The van der Waals surface area contributed by atoms with E-state index in [-0.39, 0.29) is 29.7 Å². The predicted molar refractivity (Wildman–Crippen MR) is 130 cm³/mol. The van der Waals surface area contributed by atoms with Gasteiger partial charge in [0.2, 0.25) is 5.95 Å². The zero-order valence-electron chi connectivity index (χ0n) is 19.5. The van der Waals surface area contributed by atoms with Crippen LogP contribution in [0.15, 0.2) is 54.7 Å². The Hall–Kier alpha value is -3.53. The fraction of sp³-hybridized carbons (Fsp3) is 0.346. The maximum Gasteiger partial charge on any atom is 0.417 e. The van der Waals surface area contributed by atoms with E-state index in [1.54, 1.807) is 28.8 Å². The lowest BCUT2D eigenvalue weighted by molar-refractivity contribution is -0.137. The van der Waals surface area contributed by atoms with Crippen LogP contribution >= 0.6 is 0 Å². The van der Waals surface area contributed by atoms with Crippen LogP contribution in [-0.4, -0.2) is 32.6 Å². The molecule has 2 aromatic carbocycles. The first kappa shape index (κ1) is 24.2. The number of hydrogen-bond donors (Lipinski definition) is 2. The monoisotopic (exact) mass is 498 g/mol. The van der Waals surface area contributed by atoms with Crippen LogP contribution in [0.1, 0.15) is 30.4 Å². The number of nitrogens with zero attached hydrogens (tertiary/aromatic N) is 4. The zero-order chi connectivity index (χ0) is 25.1.